The van der Waals surface area contributed by atoms with Gasteiger partial charge in [-0.2, -0.15) is 0 Å². The van der Waals surface area contributed by atoms with Crippen LogP contribution in [0.4, 0.5) is 5.69 Å². The molecule has 1 amide bonds. The van der Waals surface area contributed by atoms with E-state index >= 15 is 0 Å². The first kappa shape index (κ1) is 21.4. The molecule has 0 aromatic heterocycles. The number of para-hydroxylation sites is 1. The van der Waals surface area contributed by atoms with Crippen LogP contribution < -0.4 is 4.31 Å². The molecular formula is C23H30N2O3S. The van der Waals surface area contributed by atoms with Gasteiger partial charge >= 0.3 is 0 Å². The highest BCUT2D eigenvalue weighted by Gasteiger charge is 2.31. The molecule has 0 bridgehead atoms. The van der Waals surface area contributed by atoms with Crippen molar-refractivity contribution in [2.45, 2.75) is 44.9 Å². The summed E-state index contributed by atoms with van der Waals surface area (Å²) in [4.78, 5) is 15.0. The fraction of sp³-hybridized carbons (Fsp3) is 0.435. The van der Waals surface area contributed by atoms with E-state index in [0.29, 0.717) is 31.1 Å². The number of sulfonamides is 1. The maximum atomic E-state index is 13.5. The van der Waals surface area contributed by atoms with Gasteiger partial charge in [-0.15, -0.1) is 0 Å². The molecule has 5 nitrogen and oxygen atoms in total. The zero-order valence-electron chi connectivity index (χ0n) is 17.5. The summed E-state index contributed by atoms with van der Waals surface area (Å²) in [6, 6.07) is 14.2. The lowest BCUT2D eigenvalue weighted by molar-refractivity contribution is -0.130. The minimum absolute atomic E-state index is 0.140. The fourth-order valence-electron chi connectivity index (χ4n) is 3.67. The average Bonchev–Trinajstić information content (AvgIpc) is 2.72. The van der Waals surface area contributed by atoms with Crippen LogP contribution >= 0.6 is 0 Å². The van der Waals surface area contributed by atoms with Crippen molar-refractivity contribution in [1.82, 2.24) is 4.90 Å². The third-order valence-corrected chi connectivity index (χ3v) is 7.44. The van der Waals surface area contributed by atoms with Crippen LogP contribution in [-0.4, -0.2) is 38.9 Å². The molecule has 0 saturated carbocycles. The molecule has 2 aromatic carbocycles. The molecule has 0 spiro atoms. The van der Waals surface area contributed by atoms with E-state index in [9.17, 15) is 13.2 Å². The van der Waals surface area contributed by atoms with Crippen LogP contribution in [0, 0.1) is 12.8 Å². The standard InChI is InChI=1S/C23H30N2O3S/c1-4-20-7-5-6-8-22(20)25(17-23(26)24-15-13-19(3)14-16-24)29(27,28)21-11-9-18(2)10-12-21/h5-12,19H,4,13-17H2,1-3H3. The molecule has 1 saturated heterocycles. The fourth-order valence-corrected chi connectivity index (χ4v) is 5.12. The summed E-state index contributed by atoms with van der Waals surface area (Å²) in [6.45, 7) is 7.29. The predicted molar refractivity (Wildman–Crippen MR) is 117 cm³/mol. The Bertz CT molecular complexity index is 946. The number of likely N-dealkylation sites (tertiary alicyclic amines) is 1. The molecule has 156 valence electrons. The largest absolute Gasteiger partial charge is 0.341 e. The van der Waals surface area contributed by atoms with Gasteiger partial charge < -0.3 is 4.90 Å². The number of carbonyl (C=O) groups is 1. The quantitative estimate of drug-likeness (QED) is 0.718. The van der Waals surface area contributed by atoms with Gasteiger partial charge in [-0.25, -0.2) is 8.42 Å². The Balaban J connectivity index is 1.98. The number of carbonyl (C=O) groups excluding carboxylic acids is 1. The zero-order valence-corrected chi connectivity index (χ0v) is 18.3. The number of hydrogen-bond acceptors (Lipinski definition) is 3. The van der Waals surface area contributed by atoms with Gasteiger partial charge in [0.25, 0.3) is 10.0 Å². The van der Waals surface area contributed by atoms with Crippen LogP contribution in [0.5, 0.6) is 0 Å². The lowest BCUT2D eigenvalue weighted by Gasteiger charge is -2.33. The molecule has 0 atom stereocenters. The van der Waals surface area contributed by atoms with Crippen LogP contribution in [0.2, 0.25) is 0 Å². The lowest BCUT2D eigenvalue weighted by Crippen LogP contribution is -2.46. The Labute approximate surface area is 174 Å². The first-order chi connectivity index (χ1) is 13.8. The number of amides is 1. The minimum atomic E-state index is -3.86. The van der Waals surface area contributed by atoms with Crippen molar-refractivity contribution >= 4 is 21.6 Å². The van der Waals surface area contributed by atoms with E-state index in [-0.39, 0.29) is 17.3 Å². The Morgan fingerprint density at radius 2 is 1.69 bits per heavy atom. The summed E-state index contributed by atoms with van der Waals surface area (Å²) >= 11 is 0. The number of benzene rings is 2. The van der Waals surface area contributed by atoms with Crippen molar-refractivity contribution in [3.05, 3.63) is 59.7 Å². The predicted octanol–water partition coefficient (Wildman–Crippen LogP) is 4.01. The molecule has 0 aliphatic carbocycles. The van der Waals surface area contributed by atoms with Gasteiger partial charge in [0.2, 0.25) is 5.91 Å². The molecule has 1 aliphatic rings. The van der Waals surface area contributed by atoms with Gasteiger partial charge in [0.05, 0.1) is 10.6 Å². The summed E-state index contributed by atoms with van der Waals surface area (Å²) in [5.41, 5.74) is 2.47. The van der Waals surface area contributed by atoms with Crippen LogP contribution in [-0.2, 0) is 21.2 Å². The van der Waals surface area contributed by atoms with Crippen molar-refractivity contribution in [3.63, 3.8) is 0 Å². The van der Waals surface area contributed by atoms with Crippen molar-refractivity contribution in [2.24, 2.45) is 5.92 Å². The second-order valence-corrected chi connectivity index (χ2v) is 9.73. The van der Waals surface area contributed by atoms with Gasteiger partial charge in [-0.1, -0.05) is 49.7 Å². The zero-order chi connectivity index (χ0) is 21.0. The van der Waals surface area contributed by atoms with E-state index < -0.39 is 10.0 Å². The summed E-state index contributed by atoms with van der Waals surface area (Å²) in [5.74, 6) is 0.464. The molecule has 0 radical (unpaired) electrons. The molecule has 29 heavy (non-hydrogen) atoms. The number of rotatable bonds is 6. The van der Waals surface area contributed by atoms with E-state index in [2.05, 4.69) is 6.92 Å². The van der Waals surface area contributed by atoms with Gasteiger partial charge in [0.15, 0.2) is 0 Å². The maximum absolute atomic E-state index is 13.5. The Morgan fingerprint density at radius 1 is 1.07 bits per heavy atom. The Morgan fingerprint density at radius 3 is 2.31 bits per heavy atom. The molecule has 0 unspecified atom stereocenters. The highest BCUT2D eigenvalue weighted by Crippen LogP contribution is 2.28. The van der Waals surface area contributed by atoms with Crippen molar-refractivity contribution in [1.29, 1.82) is 0 Å². The topological polar surface area (TPSA) is 57.7 Å². The van der Waals surface area contributed by atoms with Crippen LogP contribution in [0.25, 0.3) is 0 Å². The normalized spacial score (nSPS) is 15.3. The highest BCUT2D eigenvalue weighted by atomic mass is 32.2. The summed E-state index contributed by atoms with van der Waals surface area (Å²) in [6.07, 6.45) is 2.61. The second kappa shape index (κ2) is 8.99. The van der Waals surface area contributed by atoms with Gasteiger partial charge in [-0.3, -0.25) is 9.10 Å². The molecule has 3 rings (SSSR count). The second-order valence-electron chi connectivity index (χ2n) is 7.87. The smallest absolute Gasteiger partial charge is 0.264 e. The van der Waals surface area contributed by atoms with E-state index in [1.807, 2.05) is 32.0 Å². The van der Waals surface area contributed by atoms with Crippen LogP contribution in [0.1, 0.15) is 37.8 Å². The van der Waals surface area contributed by atoms with E-state index in [1.54, 1.807) is 35.2 Å². The minimum Gasteiger partial charge on any atom is -0.341 e. The number of hydrogen-bond donors (Lipinski definition) is 0. The van der Waals surface area contributed by atoms with Crippen LogP contribution in [0.15, 0.2) is 53.4 Å². The van der Waals surface area contributed by atoms with Crippen LogP contribution in [0.3, 0.4) is 0 Å². The lowest BCUT2D eigenvalue weighted by atomic mass is 9.99. The molecule has 1 fully saturated rings. The Kier molecular flexibility index (Phi) is 6.63. The summed E-state index contributed by atoms with van der Waals surface area (Å²) in [7, 11) is -3.86. The number of aryl methyl sites for hydroxylation is 2. The number of piperidine rings is 1. The van der Waals surface area contributed by atoms with E-state index in [1.165, 1.54) is 4.31 Å². The SMILES string of the molecule is CCc1ccccc1N(CC(=O)N1CCC(C)CC1)S(=O)(=O)c1ccc(C)cc1. The van der Waals surface area contributed by atoms with Crippen molar-refractivity contribution in [3.8, 4) is 0 Å². The van der Waals surface area contributed by atoms with Gasteiger partial charge in [-0.05, 0) is 55.9 Å². The van der Waals surface area contributed by atoms with Crippen molar-refractivity contribution < 1.29 is 13.2 Å². The number of anilines is 1. The first-order valence-corrected chi connectivity index (χ1v) is 11.7. The third kappa shape index (κ3) is 4.81. The molecule has 1 heterocycles. The number of nitrogens with zero attached hydrogens (tertiary/aromatic N) is 2. The average molecular weight is 415 g/mol. The highest BCUT2D eigenvalue weighted by molar-refractivity contribution is 7.92. The molecule has 0 N–H and O–H groups in total. The van der Waals surface area contributed by atoms with E-state index in [0.717, 1.165) is 24.0 Å². The maximum Gasteiger partial charge on any atom is 0.264 e. The Hall–Kier alpha value is -2.34. The van der Waals surface area contributed by atoms with Crippen molar-refractivity contribution in [2.75, 3.05) is 23.9 Å². The molecule has 2 aromatic rings. The first-order valence-electron chi connectivity index (χ1n) is 10.3. The summed E-state index contributed by atoms with van der Waals surface area (Å²) < 4.78 is 28.4. The molecule has 6 heteroatoms. The molecule has 1 aliphatic heterocycles. The van der Waals surface area contributed by atoms with Gasteiger partial charge in [0.1, 0.15) is 6.54 Å². The molecular weight excluding hydrogens is 384 g/mol. The third-order valence-electron chi connectivity index (χ3n) is 5.67. The van der Waals surface area contributed by atoms with Gasteiger partial charge in [0, 0.05) is 13.1 Å². The van der Waals surface area contributed by atoms with E-state index in [4.69, 9.17) is 0 Å². The summed E-state index contributed by atoms with van der Waals surface area (Å²) in [5, 5.41) is 0. The monoisotopic (exact) mass is 414 g/mol.